The summed E-state index contributed by atoms with van der Waals surface area (Å²) in [6.07, 6.45) is 0. The molecule has 0 aromatic heterocycles. The molecule has 0 radical (unpaired) electrons. The molecular formula is C19H22ClN3O6S. The summed E-state index contributed by atoms with van der Waals surface area (Å²) in [6.45, 7) is 1.61. The van der Waals surface area contributed by atoms with Crippen molar-refractivity contribution in [2.75, 3.05) is 51.4 Å². The minimum Gasteiger partial charge on any atom is -0.490 e. The van der Waals surface area contributed by atoms with Crippen LogP contribution in [-0.2, 0) is 14.8 Å². The van der Waals surface area contributed by atoms with E-state index in [9.17, 15) is 18.5 Å². The number of hydrogen-bond acceptors (Lipinski definition) is 7. The second-order valence-corrected chi connectivity index (χ2v) is 8.97. The summed E-state index contributed by atoms with van der Waals surface area (Å²) in [4.78, 5) is 12.6. The second kappa shape index (κ2) is 9.61. The number of nitro groups is 1. The van der Waals surface area contributed by atoms with Crippen LogP contribution in [-0.4, -0.2) is 64.1 Å². The predicted molar refractivity (Wildman–Crippen MR) is 113 cm³/mol. The van der Waals surface area contributed by atoms with Gasteiger partial charge in [-0.3, -0.25) is 10.1 Å². The Morgan fingerprint density at radius 1 is 1.23 bits per heavy atom. The molecule has 11 heteroatoms. The largest absolute Gasteiger partial charge is 0.490 e. The van der Waals surface area contributed by atoms with Gasteiger partial charge in [-0.25, -0.2) is 8.42 Å². The molecule has 0 N–H and O–H groups in total. The van der Waals surface area contributed by atoms with Crippen LogP contribution in [0.15, 0.2) is 47.4 Å². The molecule has 162 valence electrons. The van der Waals surface area contributed by atoms with Gasteiger partial charge in [0.1, 0.15) is 18.0 Å². The first-order valence-corrected chi connectivity index (χ1v) is 11.1. The Balaban J connectivity index is 1.76. The van der Waals surface area contributed by atoms with Crippen molar-refractivity contribution in [3.05, 3.63) is 57.6 Å². The Morgan fingerprint density at radius 2 is 1.93 bits per heavy atom. The number of halogens is 1. The number of sulfonamides is 1. The summed E-state index contributed by atoms with van der Waals surface area (Å²) in [7, 11) is -2.15. The predicted octanol–water partition coefficient (Wildman–Crippen LogP) is 2.78. The van der Waals surface area contributed by atoms with Crippen LogP contribution in [0, 0.1) is 10.1 Å². The number of anilines is 1. The molecule has 0 amide bonds. The summed E-state index contributed by atoms with van der Waals surface area (Å²) in [5.74, 6) is 0.522. The van der Waals surface area contributed by atoms with Gasteiger partial charge in [0.25, 0.3) is 5.69 Å². The molecule has 30 heavy (non-hydrogen) atoms. The standard InChI is InChI=1S/C19H22ClN3O6S/c1-21(8-13-29-19-5-3-2-4-16(19)20)17-7-6-15(14-18(17)23(24)25)30(26,27)22-9-11-28-12-10-22/h2-7,14H,8-13H2,1H3. The lowest BCUT2D eigenvalue weighted by molar-refractivity contribution is -0.384. The Hall–Kier alpha value is -2.40. The molecule has 1 aliphatic rings. The third kappa shape index (κ3) is 5.01. The van der Waals surface area contributed by atoms with Gasteiger partial charge >= 0.3 is 0 Å². The van der Waals surface area contributed by atoms with Gasteiger partial charge < -0.3 is 14.4 Å². The SMILES string of the molecule is CN(CCOc1ccccc1Cl)c1ccc(S(=O)(=O)N2CCOCC2)cc1[N+](=O)[O-]. The topological polar surface area (TPSA) is 102 Å². The fourth-order valence-corrected chi connectivity index (χ4v) is 4.66. The molecule has 0 saturated carbocycles. The van der Waals surface area contributed by atoms with E-state index < -0.39 is 14.9 Å². The van der Waals surface area contributed by atoms with Crippen molar-refractivity contribution in [1.29, 1.82) is 0 Å². The summed E-state index contributed by atoms with van der Waals surface area (Å²) >= 11 is 6.05. The van der Waals surface area contributed by atoms with E-state index in [0.29, 0.717) is 36.2 Å². The smallest absolute Gasteiger partial charge is 0.293 e. The number of nitrogens with zero attached hydrogens (tertiary/aromatic N) is 3. The maximum absolute atomic E-state index is 12.8. The van der Waals surface area contributed by atoms with Gasteiger partial charge in [-0.2, -0.15) is 4.31 Å². The highest BCUT2D eigenvalue weighted by Gasteiger charge is 2.29. The zero-order valence-corrected chi connectivity index (χ0v) is 17.9. The van der Waals surface area contributed by atoms with E-state index in [0.717, 1.165) is 6.07 Å². The minimum absolute atomic E-state index is 0.111. The van der Waals surface area contributed by atoms with Crippen LogP contribution >= 0.6 is 11.6 Å². The van der Waals surface area contributed by atoms with Crippen molar-refractivity contribution in [2.24, 2.45) is 0 Å². The molecule has 0 bridgehead atoms. The zero-order valence-electron chi connectivity index (χ0n) is 16.4. The number of ether oxygens (including phenoxy) is 2. The number of morpholine rings is 1. The van der Waals surface area contributed by atoms with Gasteiger partial charge in [0.15, 0.2) is 0 Å². The maximum atomic E-state index is 12.8. The van der Waals surface area contributed by atoms with Crippen molar-refractivity contribution in [1.82, 2.24) is 4.31 Å². The fraction of sp³-hybridized carbons (Fsp3) is 0.368. The third-order valence-electron chi connectivity index (χ3n) is 4.68. The lowest BCUT2D eigenvalue weighted by Gasteiger charge is -2.26. The van der Waals surface area contributed by atoms with E-state index in [2.05, 4.69) is 0 Å². The van der Waals surface area contributed by atoms with Gasteiger partial charge in [0.2, 0.25) is 10.0 Å². The van der Waals surface area contributed by atoms with Crippen LogP contribution in [0.5, 0.6) is 5.75 Å². The molecule has 9 nitrogen and oxygen atoms in total. The fourth-order valence-electron chi connectivity index (χ4n) is 3.04. The van der Waals surface area contributed by atoms with Crippen LogP contribution in [0.25, 0.3) is 0 Å². The summed E-state index contributed by atoms with van der Waals surface area (Å²) in [6, 6.07) is 11.0. The number of para-hydroxylation sites is 1. The van der Waals surface area contributed by atoms with E-state index in [1.807, 2.05) is 0 Å². The Labute approximate surface area is 180 Å². The van der Waals surface area contributed by atoms with Gasteiger partial charge in [-0.15, -0.1) is 0 Å². The molecule has 0 atom stereocenters. The van der Waals surface area contributed by atoms with Gasteiger partial charge in [0.05, 0.1) is 34.6 Å². The average Bonchev–Trinajstić information content (AvgIpc) is 2.75. The molecule has 0 unspecified atom stereocenters. The van der Waals surface area contributed by atoms with Crippen LogP contribution in [0.2, 0.25) is 5.02 Å². The highest BCUT2D eigenvalue weighted by Crippen LogP contribution is 2.31. The first kappa shape index (κ1) is 22.3. The zero-order chi connectivity index (χ0) is 21.7. The Morgan fingerprint density at radius 3 is 2.60 bits per heavy atom. The van der Waals surface area contributed by atoms with Crippen molar-refractivity contribution in [2.45, 2.75) is 4.90 Å². The van der Waals surface area contributed by atoms with Crippen molar-refractivity contribution in [3.8, 4) is 5.75 Å². The van der Waals surface area contributed by atoms with Crippen molar-refractivity contribution in [3.63, 3.8) is 0 Å². The highest BCUT2D eigenvalue weighted by molar-refractivity contribution is 7.89. The van der Waals surface area contributed by atoms with Crippen LogP contribution in [0.3, 0.4) is 0 Å². The summed E-state index contributed by atoms with van der Waals surface area (Å²) in [5, 5.41) is 12.1. The minimum atomic E-state index is -3.83. The molecule has 0 aliphatic carbocycles. The number of nitro benzene ring substituents is 1. The second-order valence-electron chi connectivity index (χ2n) is 6.62. The highest BCUT2D eigenvalue weighted by atomic mass is 35.5. The molecule has 1 heterocycles. The lowest BCUT2D eigenvalue weighted by atomic mass is 10.2. The average molecular weight is 456 g/mol. The summed E-state index contributed by atoms with van der Waals surface area (Å²) in [5.41, 5.74) is 0.00765. The van der Waals surface area contributed by atoms with E-state index in [1.54, 1.807) is 36.2 Å². The molecule has 0 spiro atoms. The van der Waals surface area contributed by atoms with Crippen LogP contribution in [0.4, 0.5) is 11.4 Å². The first-order valence-electron chi connectivity index (χ1n) is 9.25. The monoisotopic (exact) mass is 455 g/mol. The molecule has 1 aliphatic heterocycles. The normalized spacial score (nSPS) is 15.0. The van der Waals surface area contributed by atoms with Crippen molar-refractivity contribution >= 4 is 33.0 Å². The number of benzene rings is 2. The number of rotatable bonds is 8. The molecule has 2 aromatic rings. The lowest BCUT2D eigenvalue weighted by Crippen LogP contribution is -2.40. The maximum Gasteiger partial charge on any atom is 0.293 e. The third-order valence-corrected chi connectivity index (χ3v) is 6.89. The van der Waals surface area contributed by atoms with E-state index in [4.69, 9.17) is 21.1 Å². The quantitative estimate of drug-likeness (QED) is 0.445. The van der Waals surface area contributed by atoms with E-state index >= 15 is 0 Å². The van der Waals surface area contributed by atoms with Gasteiger partial charge in [-0.1, -0.05) is 23.7 Å². The molecule has 2 aromatic carbocycles. The van der Waals surface area contributed by atoms with Crippen LogP contribution in [0.1, 0.15) is 0 Å². The molecule has 1 saturated heterocycles. The van der Waals surface area contributed by atoms with Crippen LogP contribution < -0.4 is 9.64 Å². The van der Waals surface area contributed by atoms with Crippen molar-refractivity contribution < 1.29 is 22.8 Å². The number of likely N-dealkylation sites (N-methyl/N-ethyl adjacent to an activating group) is 1. The Bertz CT molecular complexity index is 1010. The number of hydrogen-bond donors (Lipinski definition) is 0. The molecule has 3 rings (SSSR count). The van der Waals surface area contributed by atoms with Gasteiger partial charge in [-0.05, 0) is 24.3 Å². The Kier molecular flexibility index (Phi) is 7.14. The van der Waals surface area contributed by atoms with E-state index in [-0.39, 0.29) is 30.3 Å². The van der Waals surface area contributed by atoms with Gasteiger partial charge in [0, 0.05) is 26.2 Å². The molecular weight excluding hydrogens is 434 g/mol. The summed E-state index contributed by atoms with van der Waals surface area (Å²) < 4.78 is 37.7. The molecule has 1 fully saturated rings. The first-order chi connectivity index (χ1) is 14.3. The van der Waals surface area contributed by atoms with E-state index in [1.165, 1.54) is 16.4 Å².